The number of aryl methyl sites for hydroxylation is 2. The van der Waals surface area contributed by atoms with E-state index in [-0.39, 0.29) is 0 Å². The van der Waals surface area contributed by atoms with Gasteiger partial charge < -0.3 is 5.32 Å². The maximum atomic E-state index is 3.58. The van der Waals surface area contributed by atoms with E-state index in [1.54, 1.807) is 0 Å². The zero-order valence-corrected chi connectivity index (χ0v) is 11.8. The summed E-state index contributed by atoms with van der Waals surface area (Å²) in [6.45, 7) is 11.9. The standard InChI is InChI=1S/C13H20BrN/c1-9-6-11(7-10(2)12(9)14)15-8-13(3,4)5/h6-7,15H,8H2,1-5H3. The van der Waals surface area contributed by atoms with Gasteiger partial charge in [0, 0.05) is 16.7 Å². The predicted octanol–water partition coefficient (Wildman–Crippen LogP) is 4.52. The molecule has 0 bridgehead atoms. The molecule has 0 atom stereocenters. The Morgan fingerprint density at radius 3 is 2.00 bits per heavy atom. The van der Waals surface area contributed by atoms with Gasteiger partial charge in [0.2, 0.25) is 0 Å². The molecule has 15 heavy (non-hydrogen) atoms. The van der Waals surface area contributed by atoms with Gasteiger partial charge in [0.1, 0.15) is 0 Å². The van der Waals surface area contributed by atoms with E-state index < -0.39 is 0 Å². The number of hydrogen-bond acceptors (Lipinski definition) is 1. The molecule has 1 rings (SSSR count). The molecular weight excluding hydrogens is 250 g/mol. The van der Waals surface area contributed by atoms with Crippen LogP contribution in [-0.4, -0.2) is 6.54 Å². The summed E-state index contributed by atoms with van der Waals surface area (Å²) in [4.78, 5) is 0. The second-order valence-corrected chi connectivity index (χ2v) is 6.13. The van der Waals surface area contributed by atoms with Crippen LogP contribution in [0.1, 0.15) is 31.9 Å². The minimum Gasteiger partial charge on any atom is -0.385 e. The molecule has 1 N–H and O–H groups in total. The highest BCUT2D eigenvalue weighted by atomic mass is 79.9. The first kappa shape index (κ1) is 12.6. The monoisotopic (exact) mass is 269 g/mol. The first-order valence-corrected chi connectivity index (χ1v) is 6.09. The summed E-state index contributed by atoms with van der Waals surface area (Å²) in [6.07, 6.45) is 0. The molecule has 1 nitrogen and oxygen atoms in total. The average molecular weight is 270 g/mol. The van der Waals surface area contributed by atoms with Crippen LogP contribution in [0.2, 0.25) is 0 Å². The Bertz CT molecular complexity index is 327. The summed E-state index contributed by atoms with van der Waals surface area (Å²) < 4.78 is 1.21. The zero-order chi connectivity index (χ0) is 11.6. The topological polar surface area (TPSA) is 12.0 Å². The first-order valence-electron chi connectivity index (χ1n) is 5.30. The lowest BCUT2D eigenvalue weighted by molar-refractivity contribution is 0.443. The van der Waals surface area contributed by atoms with Gasteiger partial charge in [0.25, 0.3) is 0 Å². The minimum absolute atomic E-state index is 0.314. The molecule has 0 saturated heterocycles. The van der Waals surface area contributed by atoms with Crippen LogP contribution in [-0.2, 0) is 0 Å². The fourth-order valence-corrected chi connectivity index (χ4v) is 1.64. The molecule has 1 aromatic carbocycles. The summed E-state index contributed by atoms with van der Waals surface area (Å²) in [5.41, 5.74) is 4.09. The molecule has 0 aliphatic rings. The van der Waals surface area contributed by atoms with E-state index in [4.69, 9.17) is 0 Å². The Balaban J connectivity index is 2.80. The maximum absolute atomic E-state index is 3.58. The lowest BCUT2D eigenvalue weighted by Crippen LogP contribution is -2.19. The second kappa shape index (κ2) is 4.56. The lowest BCUT2D eigenvalue weighted by Gasteiger charge is -2.20. The van der Waals surface area contributed by atoms with Crippen LogP contribution < -0.4 is 5.32 Å². The van der Waals surface area contributed by atoms with E-state index >= 15 is 0 Å². The van der Waals surface area contributed by atoms with Crippen molar-refractivity contribution in [1.29, 1.82) is 0 Å². The molecular formula is C13H20BrN. The van der Waals surface area contributed by atoms with Gasteiger partial charge >= 0.3 is 0 Å². The zero-order valence-electron chi connectivity index (χ0n) is 10.2. The summed E-state index contributed by atoms with van der Waals surface area (Å²) >= 11 is 3.58. The molecule has 0 spiro atoms. The van der Waals surface area contributed by atoms with Gasteiger partial charge in [-0.25, -0.2) is 0 Å². The molecule has 0 aliphatic carbocycles. The van der Waals surface area contributed by atoms with Crippen molar-refractivity contribution in [2.24, 2.45) is 5.41 Å². The Morgan fingerprint density at radius 1 is 1.13 bits per heavy atom. The smallest absolute Gasteiger partial charge is 0.0346 e. The van der Waals surface area contributed by atoms with Crippen molar-refractivity contribution >= 4 is 21.6 Å². The molecule has 0 aliphatic heterocycles. The van der Waals surface area contributed by atoms with Crippen LogP contribution in [0.25, 0.3) is 0 Å². The van der Waals surface area contributed by atoms with Gasteiger partial charge in [-0.2, -0.15) is 0 Å². The van der Waals surface area contributed by atoms with Crippen LogP contribution in [0.3, 0.4) is 0 Å². The van der Waals surface area contributed by atoms with Crippen molar-refractivity contribution in [3.63, 3.8) is 0 Å². The summed E-state index contributed by atoms with van der Waals surface area (Å²) in [6, 6.07) is 4.37. The third-order valence-electron chi connectivity index (χ3n) is 2.26. The van der Waals surface area contributed by atoms with Gasteiger partial charge in [-0.1, -0.05) is 36.7 Å². The average Bonchev–Trinajstić information content (AvgIpc) is 2.09. The Hall–Kier alpha value is -0.500. The number of rotatable bonds is 2. The van der Waals surface area contributed by atoms with Crippen molar-refractivity contribution < 1.29 is 0 Å². The van der Waals surface area contributed by atoms with Gasteiger partial charge in [-0.3, -0.25) is 0 Å². The van der Waals surface area contributed by atoms with E-state index in [9.17, 15) is 0 Å². The number of nitrogens with one attached hydrogen (secondary N) is 1. The SMILES string of the molecule is Cc1cc(NCC(C)(C)C)cc(C)c1Br. The highest BCUT2D eigenvalue weighted by Crippen LogP contribution is 2.25. The Morgan fingerprint density at radius 2 is 1.60 bits per heavy atom. The summed E-state index contributed by atoms with van der Waals surface area (Å²) in [5.74, 6) is 0. The van der Waals surface area contributed by atoms with Crippen molar-refractivity contribution in [2.45, 2.75) is 34.6 Å². The normalized spacial score (nSPS) is 11.6. The highest BCUT2D eigenvalue weighted by Gasteiger charge is 2.10. The molecule has 84 valence electrons. The highest BCUT2D eigenvalue weighted by molar-refractivity contribution is 9.10. The van der Waals surface area contributed by atoms with Gasteiger partial charge in [0.05, 0.1) is 0 Å². The fourth-order valence-electron chi connectivity index (χ4n) is 1.42. The second-order valence-electron chi connectivity index (χ2n) is 5.34. The summed E-state index contributed by atoms with van der Waals surface area (Å²) in [5, 5.41) is 3.47. The largest absolute Gasteiger partial charge is 0.385 e. The van der Waals surface area contributed by atoms with Crippen molar-refractivity contribution in [3.8, 4) is 0 Å². The molecule has 0 fully saturated rings. The first-order chi connectivity index (χ1) is 6.79. The van der Waals surface area contributed by atoms with Crippen LogP contribution in [0.4, 0.5) is 5.69 Å². The van der Waals surface area contributed by atoms with E-state index in [0.717, 1.165) is 6.54 Å². The number of hydrogen-bond donors (Lipinski definition) is 1. The number of anilines is 1. The Labute approximate surface area is 101 Å². The minimum atomic E-state index is 0.314. The van der Waals surface area contributed by atoms with Crippen LogP contribution in [0, 0.1) is 19.3 Å². The maximum Gasteiger partial charge on any atom is 0.0346 e. The van der Waals surface area contributed by atoms with Crippen LogP contribution in [0.5, 0.6) is 0 Å². The molecule has 0 heterocycles. The summed E-state index contributed by atoms with van der Waals surface area (Å²) in [7, 11) is 0. The molecule has 0 saturated carbocycles. The fraction of sp³-hybridized carbons (Fsp3) is 0.538. The van der Waals surface area contributed by atoms with E-state index in [1.807, 2.05) is 0 Å². The molecule has 0 amide bonds. The van der Waals surface area contributed by atoms with Gasteiger partial charge in [-0.05, 0) is 42.5 Å². The van der Waals surface area contributed by atoms with Crippen molar-refractivity contribution in [3.05, 3.63) is 27.7 Å². The van der Waals surface area contributed by atoms with Crippen LogP contribution in [0.15, 0.2) is 16.6 Å². The molecule has 1 aromatic rings. The van der Waals surface area contributed by atoms with E-state index in [1.165, 1.54) is 21.3 Å². The number of halogens is 1. The number of benzene rings is 1. The molecule has 2 heteroatoms. The van der Waals surface area contributed by atoms with E-state index in [0.29, 0.717) is 5.41 Å². The van der Waals surface area contributed by atoms with Crippen LogP contribution >= 0.6 is 15.9 Å². The van der Waals surface area contributed by atoms with Gasteiger partial charge in [-0.15, -0.1) is 0 Å². The predicted molar refractivity (Wildman–Crippen MR) is 71.6 cm³/mol. The Kier molecular flexibility index (Phi) is 3.82. The quantitative estimate of drug-likeness (QED) is 0.832. The third-order valence-corrected chi connectivity index (χ3v) is 3.51. The molecule has 0 radical (unpaired) electrons. The molecule has 0 unspecified atom stereocenters. The van der Waals surface area contributed by atoms with Crippen molar-refractivity contribution in [2.75, 3.05) is 11.9 Å². The van der Waals surface area contributed by atoms with Crippen molar-refractivity contribution in [1.82, 2.24) is 0 Å². The molecule has 0 aromatic heterocycles. The van der Waals surface area contributed by atoms with E-state index in [2.05, 4.69) is 68.0 Å². The lowest BCUT2D eigenvalue weighted by atomic mass is 9.97. The third kappa shape index (κ3) is 3.86. The van der Waals surface area contributed by atoms with Gasteiger partial charge in [0.15, 0.2) is 0 Å².